The number of nitrogens with one attached hydrogen (secondary N) is 1. The van der Waals surface area contributed by atoms with Crippen LogP contribution in [-0.4, -0.2) is 36.2 Å². The highest BCUT2D eigenvalue weighted by Crippen LogP contribution is 2.06. The van der Waals surface area contributed by atoms with Crippen LogP contribution in [0.5, 0.6) is 0 Å². The van der Waals surface area contributed by atoms with E-state index in [9.17, 15) is 9.59 Å². The average Bonchev–Trinajstić information content (AvgIpc) is 2.25. The van der Waals surface area contributed by atoms with E-state index in [1.165, 1.54) is 0 Å². The van der Waals surface area contributed by atoms with Gasteiger partial charge in [-0.15, -0.1) is 0 Å². The van der Waals surface area contributed by atoms with Crippen molar-refractivity contribution in [1.82, 2.24) is 5.32 Å². The van der Waals surface area contributed by atoms with Crippen LogP contribution in [0.3, 0.4) is 0 Å². The number of carbonyl (C=O) groups is 2. The van der Waals surface area contributed by atoms with Crippen molar-refractivity contribution in [3.05, 3.63) is 0 Å². The molecule has 0 fully saturated rings. The lowest BCUT2D eigenvalue weighted by Crippen LogP contribution is -2.37. The van der Waals surface area contributed by atoms with E-state index in [1.54, 1.807) is 0 Å². The largest absolute Gasteiger partial charge is 0.480 e. The van der Waals surface area contributed by atoms with Gasteiger partial charge in [0.05, 0.1) is 0 Å². The number of carbonyl (C=O) groups excluding carboxylic acids is 1. The zero-order valence-electron chi connectivity index (χ0n) is 10.7. The molecule has 0 aromatic rings. The summed E-state index contributed by atoms with van der Waals surface area (Å²) in [7, 11) is 0. The molecule has 0 rings (SSSR count). The van der Waals surface area contributed by atoms with E-state index in [2.05, 4.69) is 19.2 Å². The van der Waals surface area contributed by atoms with Crippen LogP contribution in [0.25, 0.3) is 0 Å². The van der Waals surface area contributed by atoms with E-state index < -0.39 is 12.6 Å². The number of rotatable bonds is 10. The van der Waals surface area contributed by atoms with E-state index >= 15 is 0 Å². The fraction of sp³-hybridized carbons (Fsp3) is 0.833. The first-order valence-electron chi connectivity index (χ1n) is 6.19. The molecular formula is C12H23NO4. The Morgan fingerprint density at radius 3 is 2.41 bits per heavy atom. The molecule has 0 aliphatic heterocycles. The monoisotopic (exact) mass is 245 g/mol. The van der Waals surface area contributed by atoms with Crippen LogP contribution in [0.1, 0.15) is 46.0 Å². The van der Waals surface area contributed by atoms with Gasteiger partial charge in [-0.1, -0.05) is 33.1 Å². The van der Waals surface area contributed by atoms with Crippen molar-refractivity contribution in [2.75, 3.05) is 13.2 Å². The summed E-state index contributed by atoms with van der Waals surface area (Å²) in [5.41, 5.74) is 0. The van der Waals surface area contributed by atoms with Crippen molar-refractivity contribution in [3.8, 4) is 0 Å². The van der Waals surface area contributed by atoms with Gasteiger partial charge in [0.2, 0.25) is 5.91 Å². The summed E-state index contributed by atoms with van der Waals surface area (Å²) in [5.74, 6) is -1.30. The topological polar surface area (TPSA) is 75.6 Å². The van der Waals surface area contributed by atoms with E-state index in [-0.39, 0.29) is 18.6 Å². The third-order valence-electron chi connectivity index (χ3n) is 2.37. The van der Waals surface area contributed by atoms with Gasteiger partial charge >= 0.3 is 5.97 Å². The number of ether oxygens (including phenoxy) is 1. The van der Waals surface area contributed by atoms with Crippen LogP contribution in [0.2, 0.25) is 0 Å². The van der Waals surface area contributed by atoms with Crippen LogP contribution < -0.4 is 5.32 Å². The third kappa shape index (κ3) is 9.81. The van der Waals surface area contributed by atoms with E-state index in [4.69, 9.17) is 9.84 Å². The first-order valence-corrected chi connectivity index (χ1v) is 6.19. The number of hydrogen-bond donors (Lipinski definition) is 2. The number of aliphatic carboxylic acids is 1. The van der Waals surface area contributed by atoms with Gasteiger partial charge in [-0.05, 0) is 12.8 Å². The molecule has 1 unspecified atom stereocenters. The first kappa shape index (κ1) is 15.9. The van der Waals surface area contributed by atoms with Crippen molar-refractivity contribution in [2.45, 2.75) is 52.0 Å². The molecule has 5 nitrogen and oxygen atoms in total. The molecule has 0 radical (unpaired) electrons. The van der Waals surface area contributed by atoms with Gasteiger partial charge in [-0.2, -0.15) is 0 Å². The van der Waals surface area contributed by atoms with E-state index in [0.29, 0.717) is 0 Å². The van der Waals surface area contributed by atoms with Crippen LogP contribution in [0.15, 0.2) is 0 Å². The van der Waals surface area contributed by atoms with Gasteiger partial charge < -0.3 is 15.2 Å². The summed E-state index contributed by atoms with van der Waals surface area (Å²) in [6.45, 7) is 3.58. The minimum Gasteiger partial charge on any atom is -0.480 e. The van der Waals surface area contributed by atoms with Crippen molar-refractivity contribution < 1.29 is 19.4 Å². The Labute approximate surface area is 103 Å². The zero-order valence-corrected chi connectivity index (χ0v) is 10.7. The van der Waals surface area contributed by atoms with Crippen LogP contribution in [-0.2, 0) is 14.3 Å². The Kier molecular flexibility index (Phi) is 9.43. The molecule has 1 atom stereocenters. The predicted octanol–water partition coefficient (Wildman–Crippen LogP) is 1.56. The van der Waals surface area contributed by atoms with Gasteiger partial charge in [0.1, 0.15) is 13.2 Å². The number of unbranched alkanes of at least 4 members (excludes halogenated alkanes) is 1. The Balaban J connectivity index is 3.81. The van der Waals surface area contributed by atoms with Gasteiger partial charge in [0.25, 0.3) is 0 Å². The number of carboxylic acids is 1. The lowest BCUT2D eigenvalue weighted by molar-refractivity contribution is -0.143. The second-order valence-corrected chi connectivity index (χ2v) is 4.08. The van der Waals surface area contributed by atoms with Crippen LogP contribution in [0.4, 0.5) is 0 Å². The average molecular weight is 245 g/mol. The first-order chi connectivity index (χ1) is 8.10. The molecule has 1 amide bonds. The molecule has 5 heteroatoms. The van der Waals surface area contributed by atoms with Gasteiger partial charge in [0, 0.05) is 6.04 Å². The summed E-state index contributed by atoms with van der Waals surface area (Å²) in [6.07, 6.45) is 5.12. The number of hydrogen-bond acceptors (Lipinski definition) is 3. The molecule has 100 valence electrons. The predicted molar refractivity (Wildman–Crippen MR) is 64.8 cm³/mol. The molecule has 0 aromatic carbocycles. The molecule has 0 heterocycles. The maximum atomic E-state index is 11.4. The fourth-order valence-corrected chi connectivity index (χ4v) is 1.59. The second kappa shape index (κ2) is 10.1. The lowest BCUT2D eigenvalue weighted by atomic mass is 10.1. The van der Waals surface area contributed by atoms with Crippen LogP contribution in [0, 0.1) is 0 Å². The molecule has 0 aliphatic rings. The van der Waals surface area contributed by atoms with Gasteiger partial charge in [-0.25, -0.2) is 4.79 Å². The van der Waals surface area contributed by atoms with Crippen molar-refractivity contribution >= 4 is 11.9 Å². The SMILES string of the molecule is CCCCC(CCC)NC(=O)COCC(=O)O. The van der Waals surface area contributed by atoms with E-state index in [0.717, 1.165) is 32.1 Å². The molecular weight excluding hydrogens is 222 g/mol. The van der Waals surface area contributed by atoms with Crippen molar-refractivity contribution in [1.29, 1.82) is 0 Å². The van der Waals surface area contributed by atoms with E-state index in [1.807, 2.05) is 0 Å². The lowest BCUT2D eigenvalue weighted by Gasteiger charge is -2.17. The molecule has 0 spiro atoms. The molecule has 0 saturated carbocycles. The highest BCUT2D eigenvalue weighted by atomic mass is 16.5. The molecule has 0 bridgehead atoms. The molecule has 0 aromatic heterocycles. The number of carboxylic acid groups (broad SMARTS) is 1. The maximum absolute atomic E-state index is 11.4. The Hall–Kier alpha value is -1.10. The standard InChI is InChI=1S/C12H23NO4/c1-3-5-7-10(6-4-2)13-11(14)8-17-9-12(15)16/h10H,3-9H2,1-2H3,(H,13,14)(H,15,16). The van der Waals surface area contributed by atoms with Crippen LogP contribution >= 0.6 is 0 Å². The highest BCUT2D eigenvalue weighted by molar-refractivity contribution is 5.78. The fourth-order valence-electron chi connectivity index (χ4n) is 1.59. The minimum absolute atomic E-state index is 0.181. The number of amides is 1. The maximum Gasteiger partial charge on any atom is 0.329 e. The second-order valence-electron chi connectivity index (χ2n) is 4.08. The molecule has 17 heavy (non-hydrogen) atoms. The Morgan fingerprint density at radius 2 is 1.88 bits per heavy atom. The normalized spacial score (nSPS) is 12.1. The van der Waals surface area contributed by atoms with Crippen molar-refractivity contribution in [3.63, 3.8) is 0 Å². The minimum atomic E-state index is -1.06. The summed E-state index contributed by atoms with van der Waals surface area (Å²) in [5, 5.41) is 11.2. The van der Waals surface area contributed by atoms with Gasteiger partial charge in [-0.3, -0.25) is 4.79 Å². The summed E-state index contributed by atoms with van der Waals surface area (Å²) < 4.78 is 4.73. The van der Waals surface area contributed by atoms with Gasteiger partial charge in [0.15, 0.2) is 0 Å². The highest BCUT2D eigenvalue weighted by Gasteiger charge is 2.11. The Bertz CT molecular complexity index is 231. The quantitative estimate of drug-likeness (QED) is 0.612. The summed E-state index contributed by atoms with van der Waals surface area (Å²) in [4.78, 5) is 21.6. The Morgan fingerprint density at radius 1 is 1.18 bits per heavy atom. The zero-order chi connectivity index (χ0) is 13.1. The third-order valence-corrected chi connectivity index (χ3v) is 2.37. The summed E-state index contributed by atoms with van der Waals surface area (Å²) >= 11 is 0. The molecule has 0 aliphatic carbocycles. The smallest absolute Gasteiger partial charge is 0.329 e. The molecule has 0 saturated heterocycles. The van der Waals surface area contributed by atoms with Crippen molar-refractivity contribution in [2.24, 2.45) is 0 Å². The molecule has 2 N–H and O–H groups in total. The summed E-state index contributed by atoms with van der Waals surface area (Å²) in [6, 6.07) is 0.181.